The molecule has 6 heteroatoms. The average molecular weight is 342 g/mol. The lowest BCUT2D eigenvalue weighted by Gasteiger charge is -2.41. The van der Waals surface area contributed by atoms with Crippen LogP contribution in [0.1, 0.15) is 42.4 Å². The Kier molecular flexibility index (Phi) is 4.44. The fourth-order valence-corrected chi connectivity index (χ4v) is 3.09. The molecule has 0 unspecified atom stereocenters. The van der Waals surface area contributed by atoms with Crippen LogP contribution in [-0.2, 0) is 0 Å². The van der Waals surface area contributed by atoms with E-state index in [1.54, 1.807) is 17.0 Å². The minimum Gasteiger partial charge on any atom is -0.504 e. The van der Waals surface area contributed by atoms with E-state index in [0.717, 1.165) is 12.1 Å². The van der Waals surface area contributed by atoms with Crippen molar-refractivity contribution in [2.45, 2.75) is 32.5 Å². The van der Waals surface area contributed by atoms with Crippen LogP contribution >= 0.6 is 0 Å². The van der Waals surface area contributed by atoms with Crippen LogP contribution in [0.25, 0.3) is 0 Å². The van der Waals surface area contributed by atoms with Gasteiger partial charge in [-0.2, -0.15) is 0 Å². The molecule has 0 fully saturated rings. The molecule has 1 amide bonds. The quantitative estimate of drug-likeness (QED) is 0.741. The summed E-state index contributed by atoms with van der Waals surface area (Å²) in [6, 6.07) is 10.4. The molecule has 3 N–H and O–H groups in total. The number of phenolic OH excluding ortho intramolecular Hbond substituents is 2. The normalized spacial score (nSPS) is 17.6. The summed E-state index contributed by atoms with van der Waals surface area (Å²) >= 11 is 0. The highest BCUT2D eigenvalue weighted by Gasteiger charge is 2.36. The molecule has 0 saturated carbocycles. The summed E-state index contributed by atoms with van der Waals surface area (Å²) in [6.07, 6.45) is 0.311. The number of methoxy groups -OCH3 is 1. The lowest BCUT2D eigenvalue weighted by atomic mass is 10.00. The molecule has 3 rings (SSSR count). The predicted molar refractivity (Wildman–Crippen MR) is 95.1 cm³/mol. The second-order valence-electron chi connectivity index (χ2n) is 6.15. The van der Waals surface area contributed by atoms with Crippen molar-refractivity contribution in [2.24, 2.45) is 0 Å². The van der Waals surface area contributed by atoms with Crippen LogP contribution in [0.15, 0.2) is 36.4 Å². The van der Waals surface area contributed by atoms with Gasteiger partial charge in [0.15, 0.2) is 11.5 Å². The smallest absolute Gasteiger partial charge is 0.258 e. The van der Waals surface area contributed by atoms with Crippen LogP contribution in [0.3, 0.4) is 0 Å². The van der Waals surface area contributed by atoms with Gasteiger partial charge in [-0.25, -0.2) is 0 Å². The van der Waals surface area contributed by atoms with E-state index in [-0.39, 0.29) is 29.2 Å². The van der Waals surface area contributed by atoms with Crippen molar-refractivity contribution in [3.8, 4) is 17.2 Å². The van der Waals surface area contributed by atoms with E-state index < -0.39 is 6.17 Å². The first-order valence-corrected chi connectivity index (χ1v) is 8.26. The van der Waals surface area contributed by atoms with Crippen LogP contribution in [0.4, 0.5) is 5.69 Å². The molecule has 25 heavy (non-hydrogen) atoms. The third kappa shape index (κ3) is 2.84. The molecule has 2 atom stereocenters. The van der Waals surface area contributed by atoms with Crippen LogP contribution in [0, 0.1) is 0 Å². The number of carbonyl (C=O) groups is 1. The molecule has 6 nitrogen and oxygen atoms in total. The summed E-state index contributed by atoms with van der Waals surface area (Å²) in [6.45, 7) is 4.00. The highest BCUT2D eigenvalue weighted by atomic mass is 16.5. The first kappa shape index (κ1) is 17.0. The van der Waals surface area contributed by atoms with Crippen molar-refractivity contribution in [1.82, 2.24) is 4.90 Å². The lowest BCUT2D eigenvalue weighted by molar-refractivity contribution is 0.0593. The number of aromatic hydroxyl groups is 2. The van der Waals surface area contributed by atoms with Crippen LogP contribution in [0.5, 0.6) is 17.2 Å². The van der Waals surface area contributed by atoms with Gasteiger partial charge in [0, 0.05) is 17.3 Å². The molecule has 132 valence electrons. The first-order chi connectivity index (χ1) is 12.0. The van der Waals surface area contributed by atoms with Crippen LogP contribution in [-0.4, -0.2) is 34.2 Å². The third-order valence-electron chi connectivity index (χ3n) is 4.64. The van der Waals surface area contributed by atoms with E-state index in [4.69, 9.17) is 4.74 Å². The van der Waals surface area contributed by atoms with Crippen LogP contribution < -0.4 is 10.1 Å². The Labute approximate surface area is 146 Å². The summed E-state index contributed by atoms with van der Waals surface area (Å²) in [4.78, 5) is 14.8. The highest BCUT2D eigenvalue weighted by molar-refractivity contribution is 6.01. The standard InChI is InChI=1S/C19H22N2O4/c1-4-11(2)21-18(12-9-15(22)17(23)16(10-12)25-3)20-14-8-6-5-7-13(14)19(21)24/h5-11,18,20,22-23H,4H2,1-3H3/t11-,18-/m0/s1. The number of nitrogens with one attached hydrogen (secondary N) is 1. The lowest BCUT2D eigenvalue weighted by Crippen LogP contribution is -2.47. The van der Waals surface area contributed by atoms with E-state index in [0.29, 0.717) is 11.1 Å². The molecule has 0 aliphatic carbocycles. The minimum absolute atomic E-state index is 0.0136. The molecule has 2 aromatic rings. The Hall–Kier alpha value is -2.89. The van der Waals surface area contributed by atoms with Crippen molar-refractivity contribution in [2.75, 3.05) is 12.4 Å². The molecule has 2 aromatic carbocycles. The first-order valence-electron chi connectivity index (χ1n) is 8.26. The average Bonchev–Trinajstić information content (AvgIpc) is 2.63. The number of fused-ring (bicyclic) bond motifs is 1. The van der Waals surface area contributed by atoms with Gasteiger partial charge in [-0.15, -0.1) is 0 Å². The van der Waals surface area contributed by atoms with E-state index in [1.165, 1.54) is 13.2 Å². The monoisotopic (exact) mass is 342 g/mol. The number of amides is 1. The Bertz CT molecular complexity index is 806. The van der Waals surface area contributed by atoms with Gasteiger partial charge in [-0.1, -0.05) is 19.1 Å². The maximum atomic E-state index is 13.0. The third-order valence-corrected chi connectivity index (χ3v) is 4.64. The number of benzene rings is 2. The Morgan fingerprint density at radius 3 is 2.68 bits per heavy atom. The predicted octanol–water partition coefficient (Wildman–Crippen LogP) is 3.47. The molecule has 0 radical (unpaired) electrons. The van der Waals surface area contributed by atoms with E-state index >= 15 is 0 Å². The van der Waals surface area contributed by atoms with Crippen molar-refractivity contribution in [3.63, 3.8) is 0 Å². The SMILES string of the molecule is CC[C@H](C)N1C(=O)c2ccccc2N[C@@H]1c1cc(O)c(O)c(OC)c1. The van der Waals surface area contributed by atoms with Crippen LogP contribution in [0.2, 0.25) is 0 Å². The zero-order valence-corrected chi connectivity index (χ0v) is 14.5. The van der Waals surface area contributed by atoms with E-state index in [1.807, 2.05) is 32.0 Å². The van der Waals surface area contributed by atoms with Gasteiger partial charge in [0.25, 0.3) is 5.91 Å². The van der Waals surface area contributed by atoms with Gasteiger partial charge < -0.3 is 25.2 Å². The Morgan fingerprint density at radius 1 is 1.28 bits per heavy atom. The number of nitrogens with zero attached hydrogens (tertiary/aromatic N) is 1. The molecule has 1 heterocycles. The summed E-state index contributed by atoms with van der Waals surface area (Å²) in [5, 5.41) is 23.3. The number of phenols is 2. The summed E-state index contributed by atoms with van der Waals surface area (Å²) in [7, 11) is 1.42. The van der Waals surface area contributed by atoms with Crippen molar-refractivity contribution >= 4 is 11.6 Å². The number of rotatable bonds is 4. The zero-order chi connectivity index (χ0) is 18.1. The molecule has 0 spiro atoms. The summed E-state index contributed by atoms with van der Waals surface area (Å²) in [5.74, 6) is -0.511. The van der Waals surface area contributed by atoms with Gasteiger partial charge in [0.2, 0.25) is 5.75 Å². The van der Waals surface area contributed by atoms with Crippen molar-refractivity contribution in [3.05, 3.63) is 47.5 Å². The zero-order valence-electron chi connectivity index (χ0n) is 14.5. The number of carbonyl (C=O) groups excluding carboxylic acids is 1. The molecule has 0 bridgehead atoms. The molecule has 0 saturated heterocycles. The summed E-state index contributed by atoms with van der Waals surface area (Å²) in [5.41, 5.74) is 1.99. The second kappa shape index (κ2) is 6.55. The molecular weight excluding hydrogens is 320 g/mol. The molecule has 1 aliphatic rings. The Balaban J connectivity index is 2.13. The molecular formula is C19H22N2O4. The number of ether oxygens (including phenoxy) is 1. The number of hydrogen-bond acceptors (Lipinski definition) is 5. The maximum Gasteiger partial charge on any atom is 0.258 e. The van der Waals surface area contributed by atoms with E-state index in [2.05, 4.69) is 5.32 Å². The Morgan fingerprint density at radius 2 is 2.00 bits per heavy atom. The number of para-hydroxylation sites is 1. The fourth-order valence-electron chi connectivity index (χ4n) is 3.09. The largest absolute Gasteiger partial charge is 0.504 e. The topological polar surface area (TPSA) is 82.0 Å². The van der Waals surface area contributed by atoms with Crippen molar-refractivity contribution in [1.29, 1.82) is 0 Å². The number of hydrogen-bond donors (Lipinski definition) is 3. The van der Waals surface area contributed by atoms with Gasteiger partial charge >= 0.3 is 0 Å². The number of anilines is 1. The second-order valence-corrected chi connectivity index (χ2v) is 6.15. The van der Waals surface area contributed by atoms with Gasteiger partial charge in [0.05, 0.1) is 12.7 Å². The molecule has 0 aromatic heterocycles. The van der Waals surface area contributed by atoms with Gasteiger partial charge in [-0.05, 0) is 37.6 Å². The maximum absolute atomic E-state index is 13.0. The minimum atomic E-state index is -0.474. The highest BCUT2D eigenvalue weighted by Crippen LogP contribution is 2.42. The van der Waals surface area contributed by atoms with E-state index in [9.17, 15) is 15.0 Å². The summed E-state index contributed by atoms with van der Waals surface area (Å²) < 4.78 is 5.13. The van der Waals surface area contributed by atoms with Gasteiger partial charge in [-0.3, -0.25) is 4.79 Å². The molecule has 1 aliphatic heterocycles. The van der Waals surface area contributed by atoms with Gasteiger partial charge in [0.1, 0.15) is 6.17 Å². The van der Waals surface area contributed by atoms with Crippen molar-refractivity contribution < 1.29 is 19.7 Å². The fraction of sp³-hybridized carbons (Fsp3) is 0.316.